The monoisotopic (exact) mass is 478 g/mol. The number of anilines is 4. The normalized spacial score (nSPS) is 21.5. The molecule has 2 amide bonds. The number of nitrogens with one attached hydrogen (secondary N) is 2. The molecule has 1 atom stereocenters. The zero-order valence-corrected chi connectivity index (χ0v) is 20.5. The summed E-state index contributed by atoms with van der Waals surface area (Å²) < 4.78 is 0. The average molecular weight is 479 g/mol. The zero-order valence-electron chi connectivity index (χ0n) is 20.5. The standard InChI is InChI=1S/C25H34N8O2/c1-31(2)20-11-13-32(16-20)19-9-10-21(27-15-19)29-25-28-14-17-6-5-12-26-23(34)24(35)33(22(17)30-25)18-7-3-4-8-18/h9-10,14-15,18,20H,3-8,11-13,16H2,1-2H3,(H,26,34)(H,27,28,29,30)/t20-/m0/s1. The largest absolute Gasteiger partial charge is 0.369 e. The highest BCUT2D eigenvalue weighted by Gasteiger charge is 2.35. The number of aromatic nitrogens is 3. The summed E-state index contributed by atoms with van der Waals surface area (Å²) in [5.41, 5.74) is 1.99. The predicted octanol–water partition coefficient (Wildman–Crippen LogP) is 2.09. The molecule has 1 saturated heterocycles. The molecule has 3 aliphatic rings. The lowest BCUT2D eigenvalue weighted by Crippen LogP contribution is -2.48. The van der Waals surface area contributed by atoms with Gasteiger partial charge in [0.15, 0.2) is 0 Å². The van der Waals surface area contributed by atoms with Gasteiger partial charge in [-0.15, -0.1) is 0 Å². The van der Waals surface area contributed by atoms with Crippen LogP contribution < -0.4 is 20.4 Å². The van der Waals surface area contributed by atoms with E-state index in [1.807, 2.05) is 12.3 Å². The average Bonchev–Trinajstić information content (AvgIpc) is 3.56. The van der Waals surface area contributed by atoms with Crippen LogP contribution in [0.25, 0.3) is 0 Å². The lowest BCUT2D eigenvalue weighted by atomic mass is 10.1. The summed E-state index contributed by atoms with van der Waals surface area (Å²) in [7, 11) is 4.24. The van der Waals surface area contributed by atoms with Gasteiger partial charge in [0, 0.05) is 43.5 Å². The van der Waals surface area contributed by atoms with E-state index >= 15 is 0 Å². The fraction of sp³-hybridized carbons (Fsp3) is 0.560. The van der Waals surface area contributed by atoms with Crippen molar-refractivity contribution in [2.45, 2.75) is 57.0 Å². The number of pyridine rings is 1. The SMILES string of the molecule is CN(C)[C@H]1CCN(c2ccc(Nc3ncc4c(n3)N(C3CCCC3)C(=O)C(=O)NCCC4)nc2)C1. The number of hydrogen-bond donors (Lipinski definition) is 2. The van der Waals surface area contributed by atoms with Crippen molar-refractivity contribution in [3.8, 4) is 0 Å². The Kier molecular flexibility index (Phi) is 6.81. The van der Waals surface area contributed by atoms with Crippen molar-refractivity contribution in [2.75, 3.05) is 48.8 Å². The second-order valence-electron chi connectivity index (χ2n) is 9.89. The van der Waals surface area contributed by atoms with Gasteiger partial charge < -0.3 is 20.4 Å². The van der Waals surface area contributed by atoms with E-state index in [0.29, 0.717) is 36.6 Å². The van der Waals surface area contributed by atoms with Crippen LogP contribution in [0, 0.1) is 0 Å². The van der Waals surface area contributed by atoms with Crippen LogP contribution in [0.15, 0.2) is 24.5 Å². The Hall–Kier alpha value is -3.27. The number of aryl methyl sites for hydroxylation is 1. The maximum Gasteiger partial charge on any atom is 0.317 e. The molecular weight excluding hydrogens is 444 g/mol. The van der Waals surface area contributed by atoms with Crippen molar-refractivity contribution < 1.29 is 9.59 Å². The summed E-state index contributed by atoms with van der Waals surface area (Å²) in [6.45, 7) is 2.48. The summed E-state index contributed by atoms with van der Waals surface area (Å²) in [4.78, 5) is 45.7. The van der Waals surface area contributed by atoms with E-state index in [1.54, 1.807) is 11.1 Å². The summed E-state index contributed by atoms with van der Waals surface area (Å²) in [5, 5.41) is 5.93. The van der Waals surface area contributed by atoms with Crippen molar-refractivity contribution in [1.82, 2.24) is 25.2 Å². The molecule has 10 nitrogen and oxygen atoms in total. The summed E-state index contributed by atoms with van der Waals surface area (Å²) in [6, 6.07) is 4.53. The molecule has 10 heteroatoms. The van der Waals surface area contributed by atoms with E-state index in [0.717, 1.165) is 62.9 Å². The smallest absolute Gasteiger partial charge is 0.317 e. The Morgan fingerprint density at radius 3 is 2.60 bits per heavy atom. The van der Waals surface area contributed by atoms with E-state index in [-0.39, 0.29) is 6.04 Å². The van der Waals surface area contributed by atoms with Crippen LogP contribution in [0.1, 0.15) is 44.1 Å². The van der Waals surface area contributed by atoms with Crippen LogP contribution in [0.2, 0.25) is 0 Å². The minimum atomic E-state index is -0.562. The summed E-state index contributed by atoms with van der Waals surface area (Å²) in [5.74, 6) is 0.451. The molecule has 1 aliphatic carbocycles. The number of rotatable bonds is 5. The molecule has 0 bridgehead atoms. The van der Waals surface area contributed by atoms with Gasteiger partial charge in [-0.3, -0.25) is 14.5 Å². The molecule has 2 fully saturated rings. The van der Waals surface area contributed by atoms with Gasteiger partial charge in [-0.05, 0) is 58.3 Å². The third-order valence-corrected chi connectivity index (χ3v) is 7.33. The summed E-state index contributed by atoms with van der Waals surface area (Å²) >= 11 is 0. The first kappa shape index (κ1) is 23.5. The van der Waals surface area contributed by atoms with E-state index in [4.69, 9.17) is 4.98 Å². The Labute approximate surface area is 206 Å². The van der Waals surface area contributed by atoms with E-state index in [1.165, 1.54) is 0 Å². The van der Waals surface area contributed by atoms with Gasteiger partial charge >= 0.3 is 11.8 Å². The van der Waals surface area contributed by atoms with Gasteiger partial charge in [0.1, 0.15) is 11.6 Å². The van der Waals surface area contributed by atoms with Crippen LogP contribution >= 0.6 is 0 Å². The Morgan fingerprint density at radius 2 is 1.89 bits per heavy atom. The van der Waals surface area contributed by atoms with Gasteiger partial charge in [-0.1, -0.05) is 12.8 Å². The molecule has 2 aliphatic heterocycles. The van der Waals surface area contributed by atoms with E-state index < -0.39 is 11.8 Å². The maximum absolute atomic E-state index is 13.1. The minimum Gasteiger partial charge on any atom is -0.369 e. The highest BCUT2D eigenvalue weighted by molar-refractivity contribution is 6.40. The molecule has 0 spiro atoms. The molecule has 35 heavy (non-hydrogen) atoms. The van der Waals surface area contributed by atoms with Crippen molar-refractivity contribution >= 4 is 35.1 Å². The molecule has 186 valence electrons. The lowest BCUT2D eigenvalue weighted by Gasteiger charge is -2.28. The molecule has 1 saturated carbocycles. The highest BCUT2D eigenvalue weighted by atomic mass is 16.2. The van der Waals surface area contributed by atoms with Crippen LogP contribution in [-0.2, 0) is 16.0 Å². The Morgan fingerprint density at radius 1 is 1.06 bits per heavy atom. The highest BCUT2D eigenvalue weighted by Crippen LogP contribution is 2.31. The Balaban J connectivity index is 1.37. The quantitative estimate of drug-likeness (QED) is 0.630. The van der Waals surface area contributed by atoms with Gasteiger partial charge in [0.25, 0.3) is 0 Å². The minimum absolute atomic E-state index is 0.0169. The van der Waals surface area contributed by atoms with Crippen LogP contribution in [0.4, 0.5) is 23.3 Å². The number of fused-ring (bicyclic) bond motifs is 1. The molecule has 0 unspecified atom stereocenters. The number of carbonyl (C=O) groups is 2. The first-order valence-corrected chi connectivity index (χ1v) is 12.6. The fourth-order valence-corrected chi connectivity index (χ4v) is 5.27. The topological polar surface area (TPSA) is 107 Å². The Bertz CT molecular complexity index is 1070. The van der Waals surface area contributed by atoms with Crippen molar-refractivity contribution in [2.24, 2.45) is 0 Å². The van der Waals surface area contributed by atoms with Crippen LogP contribution in [-0.4, -0.2) is 77.5 Å². The van der Waals surface area contributed by atoms with Gasteiger partial charge in [0.2, 0.25) is 5.95 Å². The molecule has 0 radical (unpaired) electrons. The molecule has 0 aromatic carbocycles. The molecular formula is C25H34N8O2. The van der Waals surface area contributed by atoms with Gasteiger partial charge in [-0.2, -0.15) is 4.98 Å². The van der Waals surface area contributed by atoms with E-state index in [2.05, 4.69) is 50.6 Å². The fourth-order valence-electron chi connectivity index (χ4n) is 5.27. The van der Waals surface area contributed by atoms with Crippen molar-refractivity contribution in [3.05, 3.63) is 30.1 Å². The van der Waals surface area contributed by atoms with Crippen LogP contribution in [0.3, 0.4) is 0 Å². The van der Waals surface area contributed by atoms with Crippen molar-refractivity contribution in [1.29, 1.82) is 0 Å². The number of carbonyl (C=O) groups excluding carboxylic acids is 2. The molecule has 5 rings (SSSR count). The third kappa shape index (κ3) is 5.07. The van der Waals surface area contributed by atoms with Crippen molar-refractivity contribution in [3.63, 3.8) is 0 Å². The third-order valence-electron chi connectivity index (χ3n) is 7.33. The first-order valence-electron chi connectivity index (χ1n) is 12.6. The molecule has 2 aromatic heterocycles. The van der Waals surface area contributed by atoms with Crippen LogP contribution in [0.5, 0.6) is 0 Å². The second kappa shape index (κ2) is 10.2. The zero-order chi connectivity index (χ0) is 24.4. The number of hydrogen-bond acceptors (Lipinski definition) is 8. The number of nitrogens with zero attached hydrogens (tertiary/aromatic N) is 6. The molecule has 2 aromatic rings. The van der Waals surface area contributed by atoms with Gasteiger partial charge in [-0.25, -0.2) is 9.97 Å². The first-order chi connectivity index (χ1) is 17.0. The maximum atomic E-state index is 13.1. The summed E-state index contributed by atoms with van der Waals surface area (Å²) in [6.07, 6.45) is 10.1. The van der Waals surface area contributed by atoms with E-state index in [9.17, 15) is 9.59 Å². The van der Waals surface area contributed by atoms with Gasteiger partial charge in [0.05, 0.1) is 11.9 Å². The number of amides is 2. The molecule has 2 N–H and O–H groups in total. The second-order valence-corrected chi connectivity index (χ2v) is 9.89. The number of likely N-dealkylation sites (N-methyl/N-ethyl adjacent to an activating group) is 1. The molecule has 4 heterocycles. The predicted molar refractivity (Wildman–Crippen MR) is 135 cm³/mol. The lowest BCUT2D eigenvalue weighted by molar-refractivity contribution is -0.137.